The highest BCUT2D eigenvalue weighted by Gasteiger charge is 2.11. The second kappa shape index (κ2) is 6.24. The van der Waals surface area contributed by atoms with Gasteiger partial charge in [-0.3, -0.25) is 9.97 Å². The van der Waals surface area contributed by atoms with E-state index < -0.39 is 0 Å². The van der Waals surface area contributed by atoms with Gasteiger partial charge in [0.1, 0.15) is 11.0 Å². The summed E-state index contributed by atoms with van der Waals surface area (Å²) in [7, 11) is 0. The third kappa shape index (κ3) is 2.93. The fourth-order valence-corrected chi connectivity index (χ4v) is 3.45. The summed E-state index contributed by atoms with van der Waals surface area (Å²) in [5.74, 6) is 0. The lowest BCUT2D eigenvalue weighted by molar-refractivity contribution is 0.578. The smallest absolute Gasteiger partial charge is 0.108 e. The molecule has 0 N–H and O–H groups in total. The van der Waals surface area contributed by atoms with Crippen LogP contribution in [0.4, 0.5) is 5.69 Å². The van der Waals surface area contributed by atoms with Crippen molar-refractivity contribution in [2.75, 3.05) is 18.0 Å². The number of halogens is 1. The van der Waals surface area contributed by atoms with Crippen molar-refractivity contribution in [3.63, 3.8) is 0 Å². The van der Waals surface area contributed by atoms with Crippen LogP contribution in [0.5, 0.6) is 0 Å². The van der Waals surface area contributed by atoms with Crippen molar-refractivity contribution in [2.45, 2.75) is 19.3 Å². The first-order valence-electron chi connectivity index (χ1n) is 7.93. The van der Waals surface area contributed by atoms with Crippen LogP contribution in [0, 0.1) is 0 Å². The summed E-state index contributed by atoms with van der Waals surface area (Å²) in [6.07, 6.45) is 9.23. The van der Waals surface area contributed by atoms with E-state index in [1.54, 1.807) is 12.4 Å². The molecule has 1 fully saturated rings. The Morgan fingerprint density at radius 2 is 1.70 bits per heavy atom. The fraction of sp³-hybridized carbons (Fsp3) is 0.278. The molecule has 3 heterocycles. The SMILES string of the molecule is Brc1cncc2ncc(-c3ccc(N4CCCCC4)cc3)nc12. The Bertz CT molecular complexity index is 826. The van der Waals surface area contributed by atoms with E-state index in [1.165, 1.54) is 24.9 Å². The Morgan fingerprint density at radius 1 is 0.913 bits per heavy atom. The minimum Gasteiger partial charge on any atom is -0.372 e. The number of pyridine rings is 1. The van der Waals surface area contributed by atoms with Crippen LogP contribution in [-0.4, -0.2) is 28.0 Å². The molecule has 1 aliphatic heterocycles. The maximum Gasteiger partial charge on any atom is 0.108 e. The van der Waals surface area contributed by atoms with E-state index in [-0.39, 0.29) is 0 Å². The first-order valence-corrected chi connectivity index (χ1v) is 8.72. The van der Waals surface area contributed by atoms with E-state index in [0.717, 1.165) is 39.9 Å². The zero-order valence-corrected chi connectivity index (χ0v) is 14.3. The highest BCUT2D eigenvalue weighted by atomic mass is 79.9. The van der Waals surface area contributed by atoms with Crippen LogP contribution in [0.25, 0.3) is 22.3 Å². The molecule has 2 aromatic heterocycles. The van der Waals surface area contributed by atoms with E-state index in [2.05, 4.69) is 55.1 Å². The average molecular weight is 369 g/mol. The highest BCUT2D eigenvalue weighted by molar-refractivity contribution is 9.10. The van der Waals surface area contributed by atoms with Crippen LogP contribution in [0.1, 0.15) is 19.3 Å². The number of nitrogens with zero attached hydrogens (tertiary/aromatic N) is 4. The van der Waals surface area contributed by atoms with Gasteiger partial charge >= 0.3 is 0 Å². The van der Waals surface area contributed by atoms with Crippen molar-refractivity contribution < 1.29 is 0 Å². The van der Waals surface area contributed by atoms with E-state index in [0.29, 0.717) is 0 Å². The van der Waals surface area contributed by atoms with Crippen molar-refractivity contribution in [3.8, 4) is 11.3 Å². The summed E-state index contributed by atoms with van der Waals surface area (Å²) in [5, 5.41) is 0. The minimum atomic E-state index is 0.799. The number of fused-ring (bicyclic) bond motifs is 1. The van der Waals surface area contributed by atoms with Crippen molar-refractivity contribution in [1.29, 1.82) is 0 Å². The molecule has 0 spiro atoms. The zero-order chi connectivity index (χ0) is 15.6. The van der Waals surface area contributed by atoms with Crippen LogP contribution in [-0.2, 0) is 0 Å². The summed E-state index contributed by atoms with van der Waals surface area (Å²) in [6, 6.07) is 8.64. The fourth-order valence-electron chi connectivity index (χ4n) is 3.04. The molecule has 116 valence electrons. The Hall–Kier alpha value is -2.01. The van der Waals surface area contributed by atoms with Gasteiger partial charge in [-0.25, -0.2) is 4.98 Å². The maximum atomic E-state index is 4.72. The number of aromatic nitrogens is 3. The summed E-state index contributed by atoms with van der Waals surface area (Å²) >= 11 is 3.50. The second-order valence-corrected chi connectivity index (χ2v) is 6.69. The Balaban J connectivity index is 1.66. The third-order valence-electron chi connectivity index (χ3n) is 4.30. The van der Waals surface area contributed by atoms with Crippen molar-refractivity contribution >= 4 is 32.7 Å². The molecule has 0 saturated carbocycles. The monoisotopic (exact) mass is 368 g/mol. The molecular formula is C18H17BrN4. The lowest BCUT2D eigenvalue weighted by Crippen LogP contribution is -2.29. The van der Waals surface area contributed by atoms with Crippen LogP contribution in [0.15, 0.2) is 47.3 Å². The second-order valence-electron chi connectivity index (χ2n) is 5.84. The Kier molecular flexibility index (Phi) is 3.95. The first kappa shape index (κ1) is 14.6. The standard InChI is InChI=1S/C18H17BrN4/c19-15-10-20-11-17-18(15)22-16(12-21-17)13-4-6-14(7-5-13)23-8-2-1-3-9-23/h4-7,10-12H,1-3,8-9H2. The summed E-state index contributed by atoms with van der Waals surface area (Å²) in [5.41, 5.74) is 4.91. The summed E-state index contributed by atoms with van der Waals surface area (Å²) in [4.78, 5) is 15.8. The van der Waals surface area contributed by atoms with Gasteiger partial charge in [0.05, 0.1) is 22.6 Å². The van der Waals surface area contributed by atoms with Gasteiger partial charge in [-0.1, -0.05) is 12.1 Å². The molecule has 0 amide bonds. The predicted octanol–water partition coefficient (Wildman–Crippen LogP) is 4.44. The van der Waals surface area contributed by atoms with Crippen molar-refractivity contribution in [3.05, 3.63) is 47.3 Å². The minimum absolute atomic E-state index is 0.799. The molecule has 0 unspecified atom stereocenters. The number of piperidine rings is 1. The molecule has 5 heteroatoms. The Morgan fingerprint density at radius 3 is 2.48 bits per heavy atom. The van der Waals surface area contributed by atoms with E-state index in [4.69, 9.17) is 4.98 Å². The van der Waals surface area contributed by atoms with Crippen molar-refractivity contribution in [2.24, 2.45) is 0 Å². The van der Waals surface area contributed by atoms with Gasteiger partial charge in [-0.15, -0.1) is 0 Å². The number of hydrogen-bond acceptors (Lipinski definition) is 4. The molecule has 4 rings (SSSR count). The number of rotatable bonds is 2. The van der Waals surface area contributed by atoms with Gasteiger partial charge in [0.15, 0.2) is 0 Å². The largest absolute Gasteiger partial charge is 0.372 e. The molecule has 4 nitrogen and oxygen atoms in total. The third-order valence-corrected chi connectivity index (χ3v) is 4.88. The summed E-state index contributed by atoms with van der Waals surface area (Å²) < 4.78 is 0.870. The molecule has 1 aliphatic rings. The van der Waals surface area contributed by atoms with Crippen LogP contribution >= 0.6 is 15.9 Å². The highest BCUT2D eigenvalue weighted by Crippen LogP contribution is 2.26. The molecule has 1 saturated heterocycles. The number of benzene rings is 1. The molecule has 23 heavy (non-hydrogen) atoms. The van der Waals surface area contributed by atoms with Gasteiger partial charge in [0.2, 0.25) is 0 Å². The van der Waals surface area contributed by atoms with Gasteiger partial charge in [-0.05, 0) is 47.3 Å². The molecule has 0 atom stereocenters. The first-order chi connectivity index (χ1) is 11.3. The maximum absolute atomic E-state index is 4.72. The molecule has 0 radical (unpaired) electrons. The molecule has 3 aromatic rings. The predicted molar refractivity (Wildman–Crippen MR) is 96.5 cm³/mol. The normalized spacial score (nSPS) is 15.1. The molecule has 0 bridgehead atoms. The lowest BCUT2D eigenvalue weighted by Gasteiger charge is -2.28. The van der Waals surface area contributed by atoms with Crippen LogP contribution in [0.3, 0.4) is 0 Å². The molecule has 0 aliphatic carbocycles. The van der Waals surface area contributed by atoms with Gasteiger partial charge in [-0.2, -0.15) is 0 Å². The van der Waals surface area contributed by atoms with Gasteiger partial charge in [0.25, 0.3) is 0 Å². The molecular weight excluding hydrogens is 352 g/mol. The van der Waals surface area contributed by atoms with Crippen LogP contribution < -0.4 is 4.90 Å². The van der Waals surface area contributed by atoms with Crippen molar-refractivity contribution in [1.82, 2.24) is 15.0 Å². The molecule has 1 aromatic carbocycles. The van der Waals surface area contributed by atoms with Gasteiger partial charge < -0.3 is 4.90 Å². The quantitative estimate of drug-likeness (QED) is 0.670. The van der Waals surface area contributed by atoms with E-state index >= 15 is 0 Å². The van der Waals surface area contributed by atoms with E-state index in [9.17, 15) is 0 Å². The Labute approximate surface area is 143 Å². The van der Waals surface area contributed by atoms with Gasteiger partial charge in [0, 0.05) is 30.5 Å². The topological polar surface area (TPSA) is 41.9 Å². The number of hydrogen-bond donors (Lipinski definition) is 0. The van der Waals surface area contributed by atoms with Crippen LogP contribution in [0.2, 0.25) is 0 Å². The zero-order valence-electron chi connectivity index (χ0n) is 12.7. The number of anilines is 1. The summed E-state index contributed by atoms with van der Waals surface area (Å²) in [6.45, 7) is 2.32. The average Bonchev–Trinajstić information content (AvgIpc) is 2.63. The van der Waals surface area contributed by atoms with E-state index in [1.807, 2.05) is 6.20 Å². The lowest BCUT2D eigenvalue weighted by atomic mass is 10.1.